The number of fused-ring (bicyclic) bond motifs is 1. The minimum Gasteiger partial charge on any atom is -0.481 e. The second-order valence-electron chi connectivity index (χ2n) is 8.77. The Labute approximate surface area is 209 Å². The van der Waals surface area contributed by atoms with Gasteiger partial charge < -0.3 is 30.0 Å². The molecule has 188 valence electrons. The number of carbonyl (C=O) groups excluding carboxylic acids is 1. The maximum atomic E-state index is 12.5. The molecule has 2 aliphatic heterocycles. The summed E-state index contributed by atoms with van der Waals surface area (Å²) in [6.45, 7) is 1.35. The predicted octanol–water partition coefficient (Wildman–Crippen LogP) is 2.88. The molecule has 0 spiro atoms. The van der Waals surface area contributed by atoms with Crippen LogP contribution in [0.2, 0.25) is 0 Å². The summed E-state index contributed by atoms with van der Waals surface area (Å²) >= 11 is 0. The number of hydrogen-bond acceptors (Lipinski definition) is 9. The number of ether oxygens (including phenoxy) is 4. The molecular formula is C26H29N5O5. The zero-order chi connectivity index (χ0) is 24.9. The summed E-state index contributed by atoms with van der Waals surface area (Å²) in [7, 11) is 1.59. The third kappa shape index (κ3) is 5.34. The van der Waals surface area contributed by atoms with Crippen molar-refractivity contribution in [2.45, 2.75) is 31.4 Å². The lowest BCUT2D eigenvalue weighted by Crippen LogP contribution is -2.40. The molecular weight excluding hydrogens is 462 g/mol. The molecule has 3 N–H and O–H groups in total. The molecule has 2 aromatic rings. The zero-order valence-electron chi connectivity index (χ0n) is 20.1. The highest BCUT2D eigenvalue weighted by Gasteiger charge is 2.36. The van der Waals surface area contributed by atoms with Gasteiger partial charge in [0.25, 0.3) is 0 Å². The lowest BCUT2D eigenvalue weighted by Gasteiger charge is -2.23. The van der Waals surface area contributed by atoms with Crippen LogP contribution in [-0.2, 0) is 20.6 Å². The lowest BCUT2D eigenvalue weighted by atomic mass is 10.0. The Morgan fingerprint density at radius 3 is 3.06 bits per heavy atom. The Kier molecular flexibility index (Phi) is 7.15. The fraction of sp³-hybridized carbons (Fsp3) is 0.346. The first-order valence-electron chi connectivity index (χ1n) is 11.9. The van der Waals surface area contributed by atoms with Crippen LogP contribution in [0, 0.1) is 0 Å². The number of aromatic nitrogens is 2. The zero-order valence-corrected chi connectivity index (χ0v) is 20.1. The van der Waals surface area contributed by atoms with Crippen molar-refractivity contribution in [1.82, 2.24) is 20.2 Å². The lowest BCUT2D eigenvalue weighted by molar-refractivity contribution is 0.118. The number of cyclic esters (lactones) is 1. The van der Waals surface area contributed by atoms with Crippen LogP contribution in [0.5, 0.6) is 5.88 Å². The van der Waals surface area contributed by atoms with Crippen molar-refractivity contribution in [3.8, 4) is 5.88 Å². The van der Waals surface area contributed by atoms with Gasteiger partial charge in [-0.25, -0.2) is 14.7 Å². The number of nitrogens with zero attached hydrogens (tertiary/aromatic N) is 3. The van der Waals surface area contributed by atoms with Crippen LogP contribution >= 0.6 is 0 Å². The first-order valence-corrected chi connectivity index (χ1v) is 11.9. The predicted molar refractivity (Wildman–Crippen MR) is 132 cm³/mol. The molecule has 0 saturated carbocycles. The quantitative estimate of drug-likeness (QED) is 0.545. The second-order valence-corrected chi connectivity index (χ2v) is 8.77. The van der Waals surface area contributed by atoms with Gasteiger partial charge in [-0.15, -0.1) is 0 Å². The minimum absolute atomic E-state index is 0.167. The molecule has 1 aliphatic carbocycles. The number of carbonyl (C=O) groups is 1. The van der Waals surface area contributed by atoms with Gasteiger partial charge in [-0.2, -0.15) is 0 Å². The van der Waals surface area contributed by atoms with E-state index in [9.17, 15) is 4.79 Å². The van der Waals surface area contributed by atoms with Gasteiger partial charge in [-0.1, -0.05) is 18.2 Å². The van der Waals surface area contributed by atoms with Crippen LogP contribution < -0.4 is 15.8 Å². The Morgan fingerprint density at radius 2 is 2.22 bits per heavy atom. The van der Waals surface area contributed by atoms with Crippen LogP contribution in [0.4, 0.5) is 4.79 Å². The molecule has 1 unspecified atom stereocenters. The molecule has 0 radical (unpaired) electrons. The first kappa shape index (κ1) is 23.8. The monoisotopic (exact) mass is 491 g/mol. The summed E-state index contributed by atoms with van der Waals surface area (Å²) in [5, 5.41) is 3.31. The van der Waals surface area contributed by atoms with E-state index in [0.717, 1.165) is 35.0 Å². The molecule has 10 nitrogen and oxygen atoms in total. The van der Waals surface area contributed by atoms with E-state index < -0.39 is 6.09 Å². The van der Waals surface area contributed by atoms with Gasteiger partial charge in [0.1, 0.15) is 12.4 Å². The van der Waals surface area contributed by atoms with Gasteiger partial charge in [-0.05, 0) is 42.5 Å². The van der Waals surface area contributed by atoms with E-state index in [-0.39, 0.29) is 12.1 Å². The average molecular weight is 492 g/mol. The Hall–Kier alpha value is -3.89. The first-order chi connectivity index (χ1) is 17.6. The van der Waals surface area contributed by atoms with Gasteiger partial charge in [0.15, 0.2) is 12.0 Å². The number of rotatable bonds is 9. The normalized spacial score (nSPS) is 20.2. The van der Waals surface area contributed by atoms with Crippen LogP contribution in [0.3, 0.4) is 0 Å². The fourth-order valence-electron chi connectivity index (χ4n) is 4.31. The van der Waals surface area contributed by atoms with Crippen molar-refractivity contribution < 1.29 is 23.7 Å². The number of amides is 1. The van der Waals surface area contributed by atoms with Gasteiger partial charge in [0.05, 0.1) is 24.7 Å². The molecule has 0 bridgehead atoms. The van der Waals surface area contributed by atoms with Crippen LogP contribution in [0.1, 0.15) is 18.4 Å². The van der Waals surface area contributed by atoms with E-state index in [0.29, 0.717) is 43.6 Å². The summed E-state index contributed by atoms with van der Waals surface area (Å²) in [6, 6.07) is 5.43. The Morgan fingerprint density at radius 1 is 1.31 bits per heavy atom. The number of nitrogens with two attached hydrogens (primary N) is 1. The van der Waals surface area contributed by atoms with Gasteiger partial charge in [0.2, 0.25) is 11.8 Å². The highest BCUT2D eigenvalue weighted by Crippen LogP contribution is 2.29. The van der Waals surface area contributed by atoms with E-state index in [1.54, 1.807) is 25.6 Å². The number of hydrogen-bond donors (Lipinski definition) is 2. The molecule has 3 aliphatic rings. The number of allylic oxidation sites excluding steroid dienone is 4. The number of pyridine rings is 2. The molecule has 4 heterocycles. The SMILES string of the molecule is COc1ccc2nccc(CC(N)CNC[C@@H]3CN(C4=COC=C(C5=CC=CCC5)O4)C(=O)O3)c2n1. The summed E-state index contributed by atoms with van der Waals surface area (Å²) in [5.74, 6) is 1.46. The smallest absolute Gasteiger partial charge is 0.417 e. The molecule has 5 rings (SSSR count). The number of methoxy groups -OCH3 is 1. The summed E-state index contributed by atoms with van der Waals surface area (Å²) in [6.07, 6.45) is 12.4. The topological polar surface area (TPSA) is 121 Å². The molecule has 2 atom stereocenters. The maximum Gasteiger partial charge on any atom is 0.417 e. The van der Waals surface area contributed by atoms with Crippen molar-refractivity contribution >= 4 is 17.1 Å². The fourth-order valence-corrected chi connectivity index (χ4v) is 4.31. The summed E-state index contributed by atoms with van der Waals surface area (Å²) in [5.41, 5.74) is 9.99. The molecule has 1 fully saturated rings. The maximum absolute atomic E-state index is 12.5. The van der Waals surface area contributed by atoms with E-state index >= 15 is 0 Å². The van der Waals surface area contributed by atoms with E-state index in [2.05, 4.69) is 21.4 Å². The summed E-state index contributed by atoms with van der Waals surface area (Å²) in [4.78, 5) is 22.8. The van der Waals surface area contributed by atoms with Gasteiger partial charge in [-0.3, -0.25) is 4.98 Å². The standard InChI is InChI=1S/C26H29N5O5/c1-33-23-8-7-21-25(30-23)18(9-10-29-21)11-19(27)12-28-13-20-14-31(26(32)35-20)24-16-34-15-22(36-24)17-5-3-2-4-6-17/h2-3,5,7-10,15-16,19-20,28H,4,6,11-14,27H2,1H3/t19?,20-/m1/s1. The van der Waals surface area contributed by atoms with Crippen LogP contribution in [-0.4, -0.2) is 59.9 Å². The average Bonchev–Trinajstić information content (AvgIpc) is 3.29. The number of nitrogens with one attached hydrogen (secondary N) is 1. The van der Waals surface area contributed by atoms with Crippen molar-refractivity contribution in [3.05, 3.63) is 77.9 Å². The molecule has 1 amide bonds. The second kappa shape index (κ2) is 10.8. The minimum atomic E-state index is -0.469. The largest absolute Gasteiger partial charge is 0.481 e. The van der Waals surface area contributed by atoms with Crippen molar-refractivity contribution in [1.29, 1.82) is 0 Å². The van der Waals surface area contributed by atoms with Crippen molar-refractivity contribution in [2.24, 2.45) is 5.73 Å². The van der Waals surface area contributed by atoms with E-state index in [1.807, 2.05) is 24.3 Å². The third-order valence-electron chi connectivity index (χ3n) is 6.14. The summed E-state index contributed by atoms with van der Waals surface area (Å²) < 4.78 is 22.2. The van der Waals surface area contributed by atoms with Crippen molar-refractivity contribution in [3.63, 3.8) is 0 Å². The third-order valence-corrected chi connectivity index (χ3v) is 6.14. The van der Waals surface area contributed by atoms with Crippen LogP contribution in [0.25, 0.3) is 11.0 Å². The highest BCUT2D eigenvalue weighted by atomic mass is 16.6. The Balaban J connectivity index is 1.12. The molecule has 0 aromatic carbocycles. The van der Waals surface area contributed by atoms with Gasteiger partial charge in [0, 0.05) is 31.4 Å². The molecule has 1 saturated heterocycles. The van der Waals surface area contributed by atoms with E-state index in [4.69, 9.17) is 24.7 Å². The molecule has 10 heteroatoms. The molecule has 2 aromatic heterocycles. The Bertz CT molecular complexity index is 1250. The molecule has 36 heavy (non-hydrogen) atoms. The van der Waals surface area contributed by atoms with Crippen molar-refractivity contribution in [2.75, 3.05) is 26.7 Å². The van der Waals surface area contributed by atoms with E-state index in [1.165, 1.54) is 11.2 Å². The van der Waals surface area contributed by atoms with Gasteiger partial charge >= 0.3 is 6.09 Å². The van der Waals surface area contributed by atoms with Crippen LogP contribution in [0.15, 0.2) is 72.4 Å². The highest BCUT2D eigenvalue weighted by molar-refractivity contribution is 5.78.